The Kier molecular flexibility index (Phi) is 6.26. The molecule has 31 heavy (non-hydrogen) atoms. The van der Waals surface area contributed by atoms with E-state index in [-0.39, 0.29) is 12.4 Å². The van der Waals surface area contributed by atoms with Gasteiger partial charge in [-0.3, -0.25) is 9.78 Å². The number of imidazole rings is 1. The van der Waals surface area contributed by atoms with E-state index in [1.807, 2.05) is 0 Å². The molecule has 0 aliphatic heterocycles. The van der Waals surface area contributed by atoms with Gasteiger partial charge in [-0.05, 0) is 49.2 Å². The van der Waals surface area contributed by atoms with Crippen LogP contribution in [0.25, 0.3) is 6.08 Å². The minimum absolute atomic E-state index is 0.182. The minimum atomic E-state index is -4.40. The van der Waals surface area contributed by atoms with E-state index >= 15 is 0 Å². The molecule has 0 atom stereocenters. The van der Waals surface area contributed by atoms with Gasteiger partial charge in [-0.15, -0.1) is 0 Å². The molecule has 0 spiro atoms. The van der Waals surface area contributed by atoms with E-state index in [1.165, 1.54) is 24.7 Å². The van der Waals surface area contributed by atoms with Crippen LogP contribution in [0.3, 0.4) is 0 Å². The maximum absolute atomic E-state index is 12.8. The van der Waals surface area contributed by atoms with Crippen molar-refractivity contribution in [2.45, 2.75) is 32.2 Å². The summed E-state index contributed by atoms with van der Waals surface area (Å²) < 4.78 is 40.1. The topological polar surface area (TPSA) is 80.0 Å². The fraction of sp³-hybridized carbons (Fsp3) is 0.227. The second-order valence-electron chi connectivity index (χ2n) is 7.49. The number of aliphatic hydroxyl groups is 1. The molecule has 0 saturated heterocycles. The van der Waals surface area contributed by atoms with Gasteiger partial charge in [0.2, 0.25) is 5.91 Å². The third-order valence-corrected chi connectivity index (χ3v) is 4.34. The number of pyridine rings is 1. The largest absolute Gasteiger partial charge is 0.416 e. The van der Waals surface area contributed by atoms with E-state index in [1.54, 1.807) is 48.9 Å². The molecule has 0 saturated carbocycles. The first-order valence-corrected chi connectivity index (χ1v) is 9.36. The molecule has 2 heterocycles. The van der Waals surface area contributed by atoms with Crippen LogP contribution in [0.15, 0.2) is 61.2 Å². The minimum Gasteiger partial charge on any atom is -0.384 e. The maximum Gasteiger partial charge on any atom is 0.416 e. The summed E-state index contributed by atoms with van der Waals surface area (Å²) in [5.74, 6) is -0.145. The first-order valence-electron chi connectivity index (χ1n) is 9.36. The summed E-state index contributed by atoms with van der Waals surface area (Å²) in [6.45, 7) is 3.44. The predicted octanol–water partition coefficient (Wildman–Crippen LogP) is 4.22. The number of aromatic nitrogens is 3. The Morgan fingerprint density at radius 2 is 1.97 bits per heavy atom. The fourth-order valence-corrected chi connectivity index (χ4v) is 2.77. The van der Waals surface area contributed by atoms with Crippen LogP contribution in [0, 0.1) is 0 Å². The second kappa shape index (κ2) is 8.73. The van der Waals surface area contributed by atoms with Crippen molar-refractivity contribution in [2.24, 2.45) is 0 Å². The standard InChI is InChI=1S/C22H21F3N4O2/c1-21(2,31)18-8-6-15(11-26-18)7-9-20(30)28-19-13-29(14-27-19)12-16-4-3-5-17(10-16)22(23,24)25/h3-11,13-14,31H,12H2,1-2H3,(H,28,30)/b9-7+. The number of halogens is 3. The lowest BCUT2D eigenvalue weighted by Gasteiger charge is -2.15. The lowest BCUT2D eigenvalue weighted by atomic mass is 10.0. The quantitative estimate of drug-likeness (QED) is 0.574. The van der Waals surface area contributed by atoms with E-state index in [0.29, 0.717) is 16.8 Å². The van der Waals surface area contributed by atoms with Gasteiger partial charge in [-0.1, -0.05) is 18.2 Å². The monoisotopic (exact) mass is 430 g/mol. The van der Waals surface area contributed by atoms with Crippen molar-refractivity contribution in [3.05, 3.63) is 83.6 Å². The highest BCUT2D eigenvalue weighted by atomic mass is 19.4. The normalized spacial score (nSPS) is 12.3. The molecule has 3 aromatic rings. The number of rotatable bonds is 6. The van der Waals surface area contributed by atoms with Crippen molar-refractivity contribution < 1.29 is 23.1 Å². The molecule has 2 N–H and O–H groups in total. The molecule has 0 fully saturated rings. The average Bonchev–Trinajstić information content (AvgIpc) is 3.12. The van der Waals surface area contributed by atoms with Crippen LogP contribution in [-0.2, 0) is 23.1 Å². The third-order valence-electron chi connectivity index (χ3n) is 4.34. The van der Waals surface area contributed by atoms with Gasteiger partial charge in [0.05, 0.1) is 17.6 Å². The van der Waals surface area contributed by atoms with Crippen LogP contribution >= 0.6 is 0 Å². The zero-order valence-electron chi connectivity index (χ0n) is 16.9. The fourth-order valence-electron chi connectivity index (χ4n) is 2.77. The molecule has 2 aromatic heterocycles. The zero-order valence-corrected chi connectivity index (χ0v) is 16.9. The molecule has 0 bridgehead atoms. The van der Waals surface area contributed by atoms with Crippen LogP contribution in [0.4, 0.5) is 19.0 Å². The van der Waals surface area contributed by atoms with Crippen molar-refractivity contribution in [1.82, 2.24) is 14.5 Å². The first kappa shape index (κ1) is 22.2. The Bertz CT molecular complexity index is 1080. The number of amides is 1. The second-order valence-corrected chi connectivity index (χ2v) is 7.49. The van der Waals surface area contributed by atoms with Crippen LogP contribution in [-0.4, -0.2) is 25.5 Å². The number of hydrogen-bond acceptors (Lipinski definition) is 4. The maximum atomic E-state index is 12.8. The van der Waals surface area contributed by atoms with Gasteiger partial charge in [-0.2, -0.15) is 13.2 Å². The molecule has 162 valence electrons. The van der Waals surface area contributed by atoms with Crippen molar-refractivity contribution in [2.75, 3.05) is 5.32 Å². The Morgan fingerprint density at radius 3 is 2.61 bits per heavy atom. The van der Waals surface area contributed by atoms with Crippen LogP contribution in [0.1, 0.15) is 36.2 Å². The van der Waals surface area contributed by atoms with E-state index in [0.717, 1.165) is 12.1 Å². The van der Waals surface area contributed by atoms with E-state index in [9.17, 15) is 23.1 Å². The molecule has 0 aliphatic carbocycles. The lowest BCUT2D eigenvalue weighted by Crippen LogP contribution is -2.17. The summed E-state index contributed by atoms with van der Waals surface area (Å²) in [4.78, 5) is 20.3. The number of alkyl halides is 3. The molecule has 0 unspecified atom stereocenters. The molecule has 0 aliphatic rings. The van der Waals surface area contributed by atoms with Gasteiger partial charge in [0.1, 0.15) is 5.60 Å². The molecule has 3 rings (SSSR count). The first-order chi connectivity index (χ1) is 14.5. The number of carbonyl (C=O) groups excluding carboxylic acids is 1. The highest BCUT2D eigenvalue weighted by Crippen LogP contribution is 2.29. The summed E-state index contributed by atoms with van der Waals surface area (Å²) in [7, 11) is 0. The highest BCUT2D eigenvalue weighted by Gasteiger charge is 2.30. The van der Waals surface area contributed by atoms with Crippen molar-refractivity contribution >= 4 is 17.8 Å². The molecule has 1 amide bonds. The number of carbonyl (C=O) groups is 1. The van der Waals surface area contributed by atoms with Gasteiger partial charge in [-0.25, -0.2) is 4.98 Å². The summed E-state index contributed by atoms with van der Waals surface area (Å²) in [5, 5.41) is 12.5. The van der Waals surface area contributed by atoms with Crippen LogP contribution in [0.2, 0.25) is 0 Å². The lowest BCUT2D eigenvalue weighted by molar-refractivity contribution is -0.137. The summed E-state index contributed by atoms with van der Waals surface area (Å²) in [6, 6.07) is 8.45. The number of benzene rings is 1. The zero-order chi connectivity index (χ0) is 22.6. The SMILES string of the molecule is CC(C)(O)c1ccc(/C=C/C(=O)Nc2cn(Cc3cccc(C(F)(F)F)c3)cn2)cn1. The molecular formula is C22H21F3N4O2. The van der Waals surface area contributed by atoms with Crippen LogP contribution in [0.5, 0.6) is 0 Å². The Labute approximate surface area is 177 Å². The van der Waals surface area contributed by atoms with E-state index in [2.05, 4.69) is 15.3 Å². The van der Waals surface area contributed by atoms with E-state index in [4.69, 9.17) is 0 Å². The van der Waals surface area contributed by atoms with Gasteiger partial charge in [0, 0.05) is 25.0 Å². The Balaban J connectivity index is 1.59. The predicted molar refractivity (Wildman–Crippen MR) is 110 cm³/mol. The Hall–Kier alpha value is -3.46. The number of hydrogen-bond donors (Lipinski definition) is 2. The van der Waals surface area contributed by atoms with Gasteiger partial charge >= 0.3 is 6.18 Å². The third kappa shape index (κ3) is 6.26. The van der Waals surface area contributed by atoms with E-state index < -0.39 is 23.2 Å². The average molecular weight is 430 g/mol. The summed E-state index contributed by atoms with van der Waals surface area (Å²) in [6.07, 6.45) is 2.98. The van der Waals surface area contributed by atoms with Crippen LogP contribution < -0.4 is 5.32 Å². The molecule has 0 radical (unpaired) electrons. The number of nitrogens with zero attached hydrogens (tertiary/aromatic N) is 3. The van der Waals surface area contributed by atoms with Gasteiger partial charge < -0.3 is 15.0 Å². The molecule has 9 heteroatoms. The Morgan fingerprint density at radius 1 is 1.19 bits per heavy atom. The van der Waals surface area contributed by atoms with Crippen molar-refractivity contribution in [3.8, 4) is 0 Å². The molecule has 6 nitrogen and oxygen atoms in total. The highest BCUT2D eigenvalue weighted by molar-refractivity contribution is 6.01. The summed E-state index contributed by atoms with van der Waals surface area (Å²) in [5.41, 5.74) is -0.105. The van der Waals surface area contributed by atoms with Crippen molar-refractivity contribution in [1.29, 1.82) is 0 Å². The smallest absolute Gasteiger partial charge is 0.384 e. The summed E-state index contributed by atoms with van der Waals surface area (Å²) >= 11 is 0. The number of nitrogens with one attached hydrogen (secondary N) is 1. The van der Waals surface area contributed by atoms with Gasteiger partial charge in [0.15, 0.2) is 5.82 Å². The van der Waals surface area contributed by atoms with Crippen molar-refractivity contribution in [3.63, 3.8) is 0 Å². The van der Waals surface area contributed by atoms with Gasteiger partial charge in [0.25, 0.3) is 0 Å². The molecular weight excluding hydrogens is 409 g/mol. The molecule has 1 aromatic carbocycles. The number of anilines is 1.